The van der Waals surface area contributed by atoms with Gasteiger partial charge in [0.2, 0.25) is 0 Å². The molecule has 0 spiro atoms. The van der Waals surface area contributed by atoms with E-state index >= 15 is 0 Å². The highest BCUT2D eigenvalue weighted by atomic mass is 16.5. The minimum absolute atomic E-state index is 0.350. The molecule has 1 aromatic rings. The molecule has 2 rings (SSSR count). The van der Waals surface area contributed by atoms with Gasteiger partial charge in [0.15, 0.2) is 0 Å². The van der Waals surface area contributed by atoms with Crippen LogP contribution in [0.2, 0.25) is 0 Å². The topological polar surface area (TPSA) is 33.7 Å². The van der Waals surface area contributed by atoms with Crippen LogP contribution < -0.4 is 14.8 Å². The number of nitrogens with zero attached hydrogens (tertiary/aromatic N) is 1. The zero-order valence-electron chi connectivity index (χ0n) is 13.0. The Bertz CT molecular complexity index is 432. The molecule has 1 unspecified atom stereocenters. The Morgan fingerprint density at radius 1 is 1.30 bits per heavy atom. The maximum atomic E-state index is 5.55. The average molecular weight is 278 g/mol. The van der Waals surface area contributed by atoms with Crippen molar-refractivity contribution in [3.8, 4) is 11.5 Å². The summed E-state index contributed by atoms with van der Waals surface area (Å²) in [5.74, 6) is 1.75. The number of methoxy groups -OCH3 is 2. The van der Waals surface area contributed by atoms with E-state index in [0.29, 0.717) is 12.1 Å². The molecule has 20 heavy (non-hydrogen) atoms. The molecule has 0 radical (unpaired) electrons. The van der Waals surface area contributed by atoms with Crippen molar-refractivity contribution in [2.24, 2.45) is 0 Å². The Morgan fingerprint density at radius 3 is 2.55 bits per heavy atom. The number of rotatable bonds is 7. The number of nitrogens with one attached hydrogen (secondary N) is 1. The van der Waals surface area contributed by atoms with E-state index in [1.165, 1.54) is 12.0 Å². The SMILES string of the molecule is CCCN(C1CNC1)C(C)c1ccc(OC)cc1OC. The van der Waals surface area contributed by atoms with Gasteiger partial charge in [-0.15, -0.1) is 0 Å². The van der Waals surface area contributed by atoms with Crippen LogP contribution in [-0.4, -0.2) is 44.8 Å². The van der Waals surface area contributed by atoms with E-state index in [-0.39, 0.29) is 0 Å². The van der Waals surface area contributed by atoms with E-state index in [4.69, 9.17) is 9.47 Å². The van der Waals surface area contributed by atoms with E-state index in [0.717, 1.165) is 31.1 Å². The quantitative estimate of drug-likeness (QED) is 0.830. The molecule has 1 fully saturated rings. The van der Waals surface area contributed by atoms with Crippen molar-refractivity contribution in [1.29, 1.82) is 0 Å². The smallest absolute Gasteiger partial charge is 0.127 e. The van der Waals surface area contributed by atoms with Crippen LogP contribution in [0.5, 0.6) is 11.5 Å². The molecule has 4 heteroatoms. The third kappa shape index (κ3) is 3.07. The molecule has 0 amide bonds. The summed E-state index contributed by atoms with van der Waals surface area (Å²) in [6, 6.07) is 7.09. The Morgan fingerprint density at radius 2 is 2.05 bits per heavy atom. The van der Waals surface area contributed by atoms with Gasteiger partial charge in [-0.2, -0.15) is 0 Å². The van der Waals surface area contributed by atoms with Crippen LogP contribution in [0, 0.1) is 0 Å². The third-order valence-corrected chi connectivity index (χ3v) is 4.10. The monoisotopic (exact) mass is 278 g/mol. The zero-order valence-corrected chi connectivity index (χ0v) is 13.0. The highest BCUT2D eigenvalue weighted by molar-refractivity contribution is 5.42. The van der Waals surface area contributed by atoms with Crippen LogP contribution in [0.25, 0.3) is 0 Å². The lowest BCUT2D eigenvalue weighted by Gasteiger charge is -2.42. The molecule has 4 nitrogen and oxygen atoms in total. The van der Waals surface area contributed by atoms with Crippen molar-refractivity contribution in [2.75, 3.05) is 33.9 Å². The first-order chi connectivity index (χ1) is 9.71. The van der Waals surface area contributed by atoms with Gasteiger partial charge in [-0.25, -0.2) is 0 Å². The van der Waals surface area contributed by atoms with Crippen molar-refractivity contribution in [3.05, 3.63) is 23.8 Å². The second kappa shape index (κ2) is 6.95. The fourth-order valence-corrected chi connectivity index (χ4v) is 2.80. The molecule has 1 heterocycles. The maximum absolute atomic E-state index is 5.55. The van der Waals surface area contributed by atoms with E-state index in [1.54, 1.807) is 14.2 Å². The fraction of sp³-hybridized carbons (Fsp3) is 0.625. The van der Waals surface area contributed by atoms with Crippen molar-refractivity contribution >= 4 is 0 Å². The van der Waals surface area contributed by atoms with Gasteiger partial charge in [0, 0.05) is 36.8 Å². The van der Waals surface area contributed by atoms with Gasteiger partial charge >= 0.3 is 0 Å². The second-order valence-corrected chi connectivity index (χ2v) is 5.33. The fourth-order valence-electron chi connectivity index (χ4n) is 2.80. The molecular weight excluding hydrogens is 252 g/mol. The minimum Gasteiger partial charge on any atom is -0.497 e. The van der Waals surface area contributed by atoms with Gasteiger partial charge in [0.05, 0.1) is 14.2 Å². The second-order valence-electron chi connectivity index (χ2n) is 5.33. The molecular formula is C16H26N2O2. The molecule has 1 N–H and O–H groups in total. The van der Waals surface area contributed by atoms with E-state index in [2.05, 4.69) is 30.1 Å². The Kier molecular flexibility index (Phi) is 5.26. The van der Waals surface area contributed by atoms with Crippen molar-refractivity contribution in [2.45, 2.75) is 32.4 Å². The van der Waals surface area contributed by atoms with Crippen molar-refractivity contribution < 1.29 is 9.47 Å². The highest BCUT2D eigenvalue weighted by Gasteiger charge is 2.29. The summed E-state index contributed by atoms with van der Waals surface area (Å²) in [6.07, 6.45) is 1.17. The van der Waals surface area contributed by atoms with Crippen LogP contribution in [0.3, 0.4) is 0 Å². The predicted octanol–water partition coefficient (Wildman–Crippen LogP) is 2.45. The van der Waals surface area contributed by atoms with Crippen molar-refractivity contribution in [3.63, 3.8) is 0 Å². The summed E-state index contributed by atoms with van der Waals surface area (Å²) in [4.78, 5) is 2.57. The summed E-state index contributed by atoms with van der Waals surface area (Å²) < 4.78 is 10.8. The van der Waals surface area contributed by atoms with Crippen LogP contribution in [0.1, 0.15) is 31.9 Å². The van der Waals surface area contributed by atoms with E-state index in [1.807, 2.05) is 12.1 Å². The van der Waals surface area contributed by atoms with Crippen LogP contribution in [0.4, 0.5) is 0 Å². The van der Waals surface area contributed by atoms with Gasteiger partial charge in [-0.1, -0.05) is 13.0 Å². The predicted molar refractivity (Wildman–Crippen MR) is 81.6 cm³/mol. The van der Waals surface area contributed by atoms with Gasteiger partial charge in [-0.05, 0) is 26.0 Å². The molecule has 0 saturated carbocycles. The summed E-state index contributed by atoms with van der Waals surface area (Å²) in [6.45, 7) is 7.78. The number of ether oxygens (including phenoxy) is 2. The number of hydrogen-bond acceptors (Lipinski definition) is 4. The lowest BCUT2D eigenvalue weighted by Crippen LogP contribution is -2.57. The van der Waals surface area contributed by atoms with E-state index in [9.17, 15) is 0 Å². The number of benzene rings is 1. The van der Waals surface area contributed by atoms with Gasteiger partial charge < -0.3 is 14.8 Å². The first-order valence-electron chi connectivity index (χ1n) is 7.39. The molecule has 1 aliphatic rings. The molecule has 1 aromatic carbocycles. The van der Waals surface area contributed by atoms with Gasteiger partial charge in [-0.3, -0.25) is 4.90 Å². The number of hydrogen-bond donors (Lipinski definition) is 1. The van der Waals surface area contributed by atoms with Crippen LogP contribution in [-0.2, 0) is 0 Å². The molecule has 1 atom stereocenters. The van der Waals surface area contributed by atoms with Gasteiger partial charge in [0.1, 0.15) is 11.5 Å². The highest BCUT2D eigenvalue weighted by Crippen LogP contribution is 2.33. The van der Waals surface area contributed by atoms with Gasteiger partial charge in [0.25, 0.3) is 0 Å². The molecule has 112 valence electrons. The lowest BCUT2D eigenvalue weighted by atomic mass is 10.0. The first kappa shape index (κ1) is 15.1. The lowest BCUT2D eigenvalue weighted by molar-refractivity contribution is 0.101. The normalized spacial score (nSPS) is 16.9. The molecule has 0 aromatic heterocycles. The third-order valence-electron chi connectivity index (χ3n) is 4.10. The average Bonchev–Trinajstić information content (AvgIpc) is 2.43. The summed E-state index contributed by atoms with van der Waals surface area (Å²) in [5, 5.41) is 3.36. The largest absolute Gasteiger partial charge is 0.497 e. The summed E-state index contributed by atoms with van der Waals surface area (Å²) in [7, 11) is 3.40. The molecule has 1 saturated heterocycles. The molecule has 0 aliphatic carbocycles. The Labute approximate surface area is 122 Å². The first-order valence-corrected chi connectivity index (χ1v) is 7.39. The maximum Gasteiger partial charge on any atom is 0.127 e. The van der Waals surface area contributed by atoms with Crippen molar-refractivity contribution in [1.82, 2.24) is 10.2 Å². The van der Waals surface area contributed by atoms with Crippen LogP contribution in [0.15, 0.2) is 18.2 Å². The van der Waals surface area contributed by atoms with E-state index < -0.39 is 0 Å². The van der Waals surface area contributed by atoms with Crippen LogP contribution >= 0.6 is 0 Å². The zero-order chi connectivity index (χ0) is 14.5. The molecule has 1 aliphatic heterocycles. The minimum atomic E-state index is 0.350. The Hall–Kier alpha value is -1.26. The summed E-state index contributed by atoms with van der Waals surface area (Å²) >= 11 is 0. The standard InChI is InChI=1S/C16H26N2O2/c1-5-8-18(13-10-17-11-13)12(2)15-7-6-14(19-3)9-16(15)20-4/h6-7,9,12-13,17H,5,8,10-11H2,1-4H3. The Balaban J connectivity index is 2.23. The molecule has 0 bridgehead atoms. The summed E-state index contributed by atoms with van der Waals surface area (Å²) in [5.41, 5.74) is 1.23.